The van der Waals surface area contributed by atoms with Crippen LogP contribution in [0, 0.1) is 0 Å². The standard InChI is InChI=1S/C17H17N3O4/c1-2-24-17(23)13-8-9-18-14(10-13)20-15(21)11-19-16(22)12-6-4-3-5-7-12/h3-10H,2,11H2,1H3,(H,19,22)(H,18,20,21). The lowest BCUT2D eigenvalue weighted by Crippen LogP contribution is -2.33. The predicted molar refractivity (Wildman–Crippen MR) is 87.6 cm³/mol. The van der Waals surface area contributed by atoms with Crippen molar-refractivity contribution in [2.75, 3.05) is 18.5 Å². The summed E-state index contributed by atoms with van der Waals surface area (Å²) in [4.78, 5) is 39.3. The molecule has 0 saturated heterocycles. The zero-order valence-electron chi connectivity index (χ0n) is 13.1. The number of nitrogens with one attached hydrogen (secondary N) is 2. The number of aromatic nitrogens is 1. The molecule has 0 bridgehead atoms. The van der Waals surface area contributed by atoms with Gasteiger partial charge in [-0.1, -0.05) is 18.2 Å². The van der Waals surface area contributed by atoms with E-state index in [1.807, 2.05) is 0 Å². The molecule has 0 aliphatic carbocycles. The number of carbonyl (C=O) groups excluding carboxylic acids is 3. The Kier molecular flexibility index (Phi) is 6.01. The third-order valence-electron chi connectivity index (χ3n) is 2.98. The zero-order valence-corrected chi connectivity index (χ0v) is 13.1. The molecule has 0 fully saturated rings. The first-order valence-corrected chi connectivity index (χ1v) is 7.36. The summed E-state index contributed by atoms with van der Waals surface area (Å²) < 4.78 is 4.88. The van der Waals surface area contributed by atoms with E-state index in [9.17, 15) is 14.4 Å². The minimum absolute atomic E-state index is 0.208. The van der Waals surface area contributed by atoms with Gasteiger partial charge >= 0.3 is 5.97 Å². The zero-order chi connectivity index (χ0) is 17.4. The summed E-state index contributed by atoms with van der Waals surface area (Å²) in [5.74, 6) is -1.08. The van der Waals surface area contributed by atoms with Crippen LogP contribution in [-0.2, 0) is 9.53 Å². The lowest BCUT2D eigenvalue weighted by atomic mass is 10.2. The maximum absolute atomic E-state index is 11.9. The van der Waals surface area contributed by atoms with Crippen LogP contribution < -0.4 is 10.6 Å². The number of hydrogen-bond donors (Lipinski definition) is 2. The van der Waals surface area contributed by atoms with Gasteiger partial charge in [-0.3, -0.25) is 9.59 Å². The molecule has 2 aromatic rings. The Balaban J connectivity index is 1.89. The second kappa shape index (κ2) is 8.42. The molecule has 2 amide bonds. The van der Waals surface area contributed by atoms with E-state index in [1.165, 1.54) is 18.3 Å². The van der Waals surface area contributed by atoms with Crippen molar-refractivity contribution in [1.82, 2.24) is 10.3 Å². The number of amides is 2. The highest BCUT2D eigenvalue weighted by atomic mass is 16.5. The van der Waals surface area contributed by atoms with E-state index in [0.717, 1.165) is 0 Å². The molecular weight excluding hydrogens is 310 g/mol. The smallest absolute Gasteiger partial charge is 0.338 e. The van der Waals surface area contributed by atoms with E-state index in [1.54, 1.807) is 37.3 Å². The Morgan fingerprint density at radius 2 is 1.83 bits per heavy atom. The molecule has 0 radical (unpaired) electrons. The fraction of sp³-hybridized carbons (Fsp3) is 0.176. The van der Waals surface area contributed by atoms with E-state index in [0.29, 0.717) is 5.56 Å². The molecule has 0 aliphatic heterocycles. The Morgan fingerprint density at radius 1 is 1.08 bits per heavy atom. The molecule has 7 heteroatoms. The fourth-order valence-electron chi connectivity index (χ4n) is 1.88. The third-order valence-corrected chi connectivity index (χ3v) is 2.98. The number of hydrogen-bond acceptors (Lipinski definition) is 5. The Bertz CT molecular complexity index is 732. The topological polar surface area (TPSA) is 97.4 Å². The summed E-state index contributed by atoms with van der Waals surface area (Å²) in [6.07, 6.45) is 1.39. The molecule has 2 N–H and O–H groups in total. The molecule has 7 nitrogen and oxygen atoms in total. The van der Waals surface area contributed by atoms with Crippen molar-refractivity contribution in [2.45, 2.75) is 6.92 Å². The maximum Gasteiger partial charge on any atom is 0.338 e. The van der Waals surface area contributed by atoms with E-state index in [-0.39, 0.29) is 30.4 Å². The molecule has 1 aromatic heterocycles. The summed E-state index contributed by atoms with van der Waals surface area (Å²) in [5, 5.41) is 5.02. The number of ether oxygens (including phenoxy) is 1. The van der Waals surface area contributed by atoms with Gasteiger partial charge < -0.3 is 15.4 Å². The molecular formula is C17H17N3O4. The van der Waals surface area contributed by atoms with Crippen LogP contribution in [0.15, 0.2) is 48.7 Å². The first kappa shape index (κ1) is 17.1. The molecule has 0 atom stereocenters. The van der Waals surface area contributed by atoms with Gasteiger partial charge in [0.2, 0.25) is 5.91 Å². The van der Waals surface area contributed by atoms with Gasteiger partial charge in [0.25, 0.3) is 5.91 Å². The monoisotopic (exact) mass is 327 g/mol. The van der Waals surface area contributed by atoms with Crippen molar-refractivity contribution in [3.63, 3.8) is 0 Å². The Labute approximate surface area is 139 Å². The largest absolute Gasteiger partial charge is 0.462 e. The van der Waals surface area contributed by atoms with Crippen LogP contribution in [0.2, 0.25) is 0 Å². The lowest BCUT2D eigenvalue weighted by molar-refractivity contribution is -0.115. The summed E-state index contributed by atoms with van der Waals surface area (Å²) in [6, 6.07) is 11.5. The Hall–Kier alpha value is -3.22. The van der Waals surface area contributed by atoms with Crippen molar-refractivity contribution < 1.29 is 19.1 Å². The molecule has 24 heavy (non-hydrogen) atoms. The molecule has 1 aromatic carbocycles. The second-order valence-corrected chi connectivity index (χ2v) is 4.75. The summed E-state index contributed by atoms with van der Waals surface area (Å²) in [6.45, 7) is 1.75. The van der Waals surface area contributed by atoms with Crippen molar-refractivity contribution in [3.05, 3.63) is 59.8 Å². The average Bonchev–Trinajstić information content (AvgIpc) is 2.61. The Morgan fingerprint density at radius 3 is 2.54 bits per heavy atom. The van der Waals surface area contributed by atoms with Crippen molar-refractivity contribution in [3.8, 4) is 0 Å². The van der Waals surface area contributed by atoms with Gasteiger partial charge in [-0.05, 0) is 31.2 Å². The van der Waals surface area contributed by atoms with Crippen LogP contribution >= 0.6 is 0 Å². The molecule has 0 unspecified atom stereocenters. The minimum Gasteiger partial charge on any atom is -0.462 e. The highest BCUT2D eigenvalue weighted by molar-refractivity contribution is 5.99. The fourth-order valence-corrected chi connectivity index (χ4v) is 1.88. The first-order chi connectivity index (χ1) is 11.6. The van der Waals surface area contributed by atoms with Crippen LogP contribution in [0.25, 0.3) is 0 Å². The van der Waals surface area contributed by atoms with E-state index in [4.69, 9.17) is 4.74 Å². The van der Waals surface area contributed by atoms with Gasteiger partial charge in [0.15, 0.2) is 0 Å². The van der Waals surface area contributed by atoms with Crippen molar-refractivity contribution in [1.29, 1.82) is 0 Å². The van der Waals surface area contributed by atoms with Gasteiger partial charge in [0, 0.05) is 11.8 Å². The number of benzene rings is 1. The van der Waals surface area contributed by atoms with Gasteiger partial charge in [0.05, 0.1) is 18.7 Å². The SMILES string of the molecule is CCOC(=O)c1ccnc(NC(=O)CNC(=O)c2ccccc2)c1. The number of anilines is 1. The highest BCUT2D eigenvalue weighted by Gasteiger charge is 2.11. The molecule has 0 spiro atoms. The van der Waals surface area contributed by atoms with E-state index in [2.05, 4.69) is 15.6 Å². The molecule has 0 saturated carbocycles. The molecule has 0 aliphatic rings. The maximum atomic E-state index is 11.9. The number of rotatable bonds is 6. The van der Waals surface area contributed by atoms with Crippen molar-refractivity contribution >= 4 is 23.6 Å². The van der Waals surface area contributed by atoms with Crippen LogP contribution in [0.4, 0.5) is 5.82 Å². The predicted octanol–water partition coefficient (Wildman–Crippen LogP) is 1.63. The third kappa shape index (κ3) is 4.91. The van der Waals surface area contributed by atoms with Crippen LogP contribution in [0.1, 0.15) is 27.6 Å². The summed E-state index contributed by atoms with van der Waals surface area (Å²) >= 11 is 0. The molecule has 1 heterocycles. The van der Waals surface area contributed by atoms with Crippen LogP contribution in [0.3, 0.4) is 0 Å². The van der Waals surface area contributed by atoms with E-state index >= 15 is 0 Å². The van der Waals surface area contributed by atoms with Gasteiger partial charge in [0.1, 0.15) is 5.82 Å². The number of esters is 1. The van der Waals surface area contributed by atoms with Gasteiger partial charge in [-0.2, -0.15) is 0 Å². The lowest BCUT2D eigenvalue weighted by Gasteiger charge is -2.07. The van der Waals surface area contributed by atoms with Crippen LogP contribution in [-0.4, -0.2) is 35.9 Å². The minimum atomic E-state index is -0.493. The highest BCUT2D eigenvalue weighted by Crippen LogP contribution is 2.08. The quantitative estimate of drug-likeness (QED) is 0.786. The molecule has 2 rings (SSSR count). The number of carbonyl (C=O) groups is 3. The molecule has 124 valence electrons. The normalized spacial score (nSPS) is 9.88. The van der Waals surface area contributed by atoms with E-state index < -0.39 is 11.9 Å². The second-order valence-electron chi connectivity index (χ2n) is 4.75. The first-order valence-electron chi connectivity index (χ1n) is 7.36. The average molecular weight is 327 g/mol. The van der Waals surface area contributed by atoms with Gasteiger partial charge in [-0.15, -0.1) is 0 Å². The van der Waals surface area contributed by atoms with Gasteiger partial charge in [-0.25, -0.2) is 9.78 Å². The van der Waals surface area contributed by atoms with Crippen molar-refractivity contribution in [2.24, 2.45) is 0 Å². The number of nitrogens with zero attached hydrogens (tertiary/aromatic N) is 1. The number of pyridine rings is 1. The summed E-state index contributed by atoms with van der Waals surface area (Å²) in [5.41, 5.74) is 0.753. The van der Waals surface area contributed by atoms with Crippen LogP contribution in [0.5, 0.6) is 0 Å². The summed E-state index contributed by atoms with van der Waals surface area (Å²) in [7, 11) is 0.